The van der Waals surface area contributed by atoms with Crippen molar-refractivity contribution in [2.45, 2.75) is 24.8 Å². The van der Waals surface area contributed by atoms with E-state index in [9.17, 15) is 4.79 Å². The summed E-state index contributed by atoms with van der Waals surface area (Å²) in [6.07, 6.45) is 4.60. The van der Waals surface area contributed by atoms with Crippen molar-refractivity contribution in [2.24, 2.45) is 5.73 Å². The Balaban J connectivity index is 1.84. The third-order valence-electron chi connectivity index (χ3n) is 2.54. The molecule has 1 aromatic heterocycles. The van der Waals surface area contributed by atoms with Crippen LogP contribution < -0.4 is 11.1 Å². The highest BCUT2D eigenvalue weighted by molar-refractivity contribution is 6.99. The molecule has 1 heterocycles. The second-order valence-corrected chi connectivity index (χ2v) is 4.25. The molecule has 0 aliphatic heterocycles. The summed E-state index contributed by atoms with van der Waals surface area (Å²) in [4.78, 5) is 11.4. The smallest absolute Gasteiger partial charge is 0.272 e. The number of amides is 1. The van der Waals surface area contributed by atoms with E-state index in [-0.39, 0.29) is 11.4 Å². The molecule has 2 rings (SSSR count). The van der Waals surface area contributed by atoms with Gasteiger partial charge in [-0.25, -0.2) is 0 Å². The van der Waals surface area contributed by atoms with Crippen molar-refractivity contribution >= 4 is 17.6 Å². The predicted octanol–water partition coefficient (Wildman–Crippen LogP) is 0.149. The highest BCUT2D eigenvalue weighted by Crippen LogP contribution is 2.28. The number of rotatable bonds is 3. The molecule has 0 radical (unpaired) electrons. The fourth-order valence-corrected chi connectivity index (χ4v) is 1.83. The maximum Gasteiger partial charge on any atom is 0.272 e. The first-order chi connectivity index (χ1) is 6.70. The zero-order valence-corrected chi connectivity index (χ0v) is 8.51. The van der Waals surface area contributed by atoms with Gasteiger partial charge in [0.1, 0.15) is 0 Å². The normalized spacial score (nSPS) is 18.6. The van der Waals surface area contributed by atoms with Crippen molar-refractivity contribution in [2.75, 3.05) is 6.54 Å². The van der Waals surface area contributed by atoms with Crippen LogP contribution in [-0.4, -0.2) is 26.7 Å². The Morgan fingerprint density at radius 2 is 2.50 bits per heavy atom. The lowest BCUT2D eigenvalue weighted by atomic mass is 9.78. The van der Waals surface area contributed by atoms with Crippen LogP contribution in [0.3, 0.4) is 0 Å². The SMILES string of the molecule is NC1(CNC(=O)c2cnsn2)CCC1. The molecule has 1 aromatic rings. The van der Waals surface area contributed by atoms with Gasteiger partial charge in [0.05, 0.1) is 17.9 Å². The summed E-state index contributed by atoms with van der Waals surface area (Å²) in [5, 5.41) is 2.77. The molecule has 0 aromatic carbocycles. The Kier molecular flexibility index (Phi) is 2.47. The summed E-state index contributed by atoms with van der Waals surface area (Å²) in [7, 11) is 0. The average molecular weight is 212 g/mol. The molecule has 1 saturated carbocycles. The first-order valence-corrected chi connectivity index (χ1v) is 5.27. The van der Waals surface area contributed by atoms with Crippen LogP contribution in [0.5, 0.6) is 0 Å². The lowest BCUT2D eigenvalue weighted by molar-refractivity contribution is 0.0925. The van der Waals surface area contributed by atoms with Crippen LogP contribution in [0.25, 0.3) is 0 Å². The van der Waals surface area contributed by atoms with E-state index in [0.717, 1.165) is 31.0 Å². The van der Waals surface area contributed by atoms with Crippen LogP contribution in [0.2, 0.25) is 0 Å². The van der Waals surface area contributed by atoms with E-state index in [2.05, 4.69) is 14.1 Å². The molecule has 0 atom stereocenters. The van der Waals surface area contributed by atoms with E-state index in [4.69, 9.17) is 5.73 Å². The van der Waals surface area contributed by atoms with Gasteiger partial charge in [0, 0.05) is 12.1 Å². The highest BCUT2D eigenvalue weighted by atomic mass is 32.1. The molecule has 6 heteroatoms. The number of nitrogens with two attached hydrogens (primary N) is 1. The van der Waals surface area contributed by atoms with Crippen molar-refractivity contribution in [3.05, 3.63) is 11.9 Å². The van der Waals surface area contributed by atoms with Crippen LogP contribution >= 0.6 is 11.7 Å². The summed E-state index contributed by atoms with van der Waals surface area (Å²) in [6.45, 7) is 0.531. The van der Waals surface area contributed by atoms with Crippen LogP contribution in [-0.2, 0) is 0 Å². The van der Waals surface area contributed by atoms with Crippen molar-refractivity contribution < 1.29 is 4.79 Å². The van der Waals surface area contributed by atoms with Gasteiger partial charge in [-0.2, -0.15) is 8.75 Å². The summed E-state index contributed by atoms with van der Waals surface area (Å²) in [5.41, 5.74) is 6.15. The van der Waals surface area contributed by atoms with Crippen LogP contribution in [0.4, 0.5) is 0 Å². The van der Waals surface area contributed by atoms with Gasteiger partial charge in [-0.3, -0.25) is 4.79 Å². The third kappa shape index (κ3) is 1.91. The van der Waals surface area contributed by atoms with Gasteiger partial charge in [-0.1, -0.05) is 0 Å². The highest BCUT2D eigenvalue weighted by Gasteiger charge is 2.32. The molecule has 0 unspecified atom stereocenters. The number of carbonyl (C=O) groups is 1. The number of hydrogen-bond donors (Lipinski definition) is 2. The van der Waals surface area contributed by atoms with Crippen LogP contribution in [0.15, 0.2) is 6.20 Å². The maximum atomic E-state index is 11.4. The van der Waals surface area contributed by atoms with Gasteiger partial charge < -0.3 is 11.1 Å². The van der Waals surface area contributed by atoms with Gasteiger partial charge in [-0.05, 0) is 19.3 Å². The maximum absolute atomic E-state index is 11.4. The fourth-order valence-electron chi connectivity index (χ4n) is 1.42. The Bertz CT molecular complexity index is 320. The minimum atomic E-state index is -0.185. The van der Waals surface area contributed by atoms with Crippen LogP contribution in [0, 0.1) is 0 Å². The van der Waals surface area contributed by atoms with E-state index in [0.29, 0.717) is 12.2 Å². The van der Waals surface area contributed by atoms with Crippen molar-refractivity contribution in [3.63, 3.8) is 0 Å². The van der Waals surface area contributed by atoms with E-state index in [1.807, 2.05) is 0 Å². The molecule has 3 N–H and O–H groups in total. The van der Waals surface area contributed by atoms with E-state index in [1.165, 1.54) is 6.20 Å². The molecule has 0 saturated heterocycles. The summed E-state index contributed by atoms with van der Waals surface area (Å²) in [6, 6.07) is 0. The molecule has 1 fully saturated rings. The van der Waals surface area contributed by atoms with Gasteiger partial charge in [0.15, 0.2) is 5.69 Å². The number of nitrogens with one attached hydrogen (secondary N) is 1. The quantitative estimate of drug-likeness (QED) is 0.747. The summed E-state index contributed by atoms with van der Waals surface area (Å²) < 4.78 is 7.60. The Hall–Kier alpha value is -1.01. The van der Waals surface area contributed by atoms with Crippen molar-refractivity contribution in [1.82, 2.24) is 14.1 Å². The molecule has 76 valence electrons. The average Bonchev–Trinajstić information content (AvgIpc) is 2.63. The first-order valence-electron chi connectivity index (χ1n) is 4.54. The monoisotopic (exact) mass is 212 g/mol. The minimum Gasteiger partial charge on any atom is -0.349 e. The van der Waals surface area contributed by atoms with E-state index in [1.54, 1.807) is 0 Å². The molecule has 5 nitrogen and oxygen atoms in total. The summed E-state index contributed by atoms with van der Waals surface area (Å²) in [5.74, 6) is -0.185. The minimum absolute atomic E-state index is 0.181. The van der Waals surface area contributed by atoms with E-state index < -0.39 is 0 Å². The van der Waals surface area contributed by atoms with E-state index >= 15 is 0 Å². The zero-order chi connectivity index (χ0) is 10.0. The molecule has 1 amide bonds. The van der Waals surface area contributed by atoms with Gasteiger partial charge in [-0.15, -0.1) is 0 Å². The van der Waals surface area contributed by atoms with Gasteiger partial charge >= 0.3 is 0 Å². The molecule has 1 aliphatic rings. The number of carbonyl (C=O) groups excluding carboxylic acids is 1. The Morgan fingerprint density at radius 3 is 3.00 bits per heavy atom. The molecular weight excluding hydrogens is 200 g/mol. The lowest BCUT2D eigenvalue weighted by Crippen LogP contribution is -2.54. The largest absolute Gasteiger partial charge is 0.349 e. The fraction of sp³-hybridized carbons (Fsp3) is 0.625. The Labute approximate surface area is 86.0 Å². The molecule has 0 bridgehead atoms. The second-order valence-electron chi connectivity index (χ2n) is 3.69. The molecule has 0 spiro atoms. The standard InChI is InChI=1S/C8H12N4OS/c9-8(2-1-3-8)5-10-7(13)6-4-11-14-12-6/h4H,1-3,5,9H2,(H,10,13). The number of hydrogen-bond acceptors (Lipinski definition) is 5. The van der Waals surface area contributed by atoms with Crippen molar-refractivity contribution in [3.8, 4) is 0 Å². The van der Waals surface area contributed by atoms with Gasteiger partial charge in [0.2, 0.25) is 0 Å². The lowest BCUT2D eigenvalue weighted by Gasteiger charge is -2.37. The third-order valence-corrected chi connectivity index (χ3v) is 3.02. The molecular formula is C8H12N4OS. The van der Waals surface area contributed by atoms with Crippen molar-refractivity contribution in [1.29, 1.82) is 0 Å². The zero-order valence-electron chi connectivity index (χ0n) is 7.69. The number of nitrogens with zero attached hydrogens (tertiary/aromatic N) is 2. The molecule has 14 heavy (non-hydrogen) atoms. The van der Waals surface area contributed by atoms with Crippen LogP contribution in [0.1, 0.15) is 29.8 Å². The van der Waals surface area contributed by atoms with Gasteiger partial charge in [0.25, 0.3) is 5.91 Å². The summed E-state index contributed by atoms with van der Waals surface area (Å²) >= 11 is 1.03. The number of aromatic nitrogens is 2. The topological polar surface area (TPSA) is 80.9 Å². The molecule has 1 aliphatic carbocycles. The Morgan fingerprint density at radius 1 is 1.71 bits per heavy atom. The second kappa shape index (κ2) is 3.62. The first kappa shape index (κ1) is 9.54. The predicted molar refractivity (Wildman–Crippen MR) is 53.0 cm³/mol.